The molecule has 1 aromatic heterocycles. The third kappa shape index (κ3) is 1.89. The summed E-state index contributed by atoms with van der Waals surface area (Å²) in [5.74, 6) is 0.847. The maximum absolute atomic E-state index is 5.84. The number of H-pyrrole nitrogens is 1. The van der Waals surface area contributed by atoms with Crippen molar-refractivity contribution in [3.8, 4) is 5.75 Å². The molecule has 0 atom stereocenters. The third-order valence-electron chi connectivity index (χ3n) is 2.33. The van der Waals surface area contributed by atoms with Crippen molar-refractivity contribution in [2.75, 3.05) is 25.9 Å². The van der Waals surface area contributed by atoms with E-state index < -0.39 is 0 Å². The van der Waals surface area contributed by atoms with Crippen molar-refractivity contribution in [2.24, 2.45) is 0 Å². The fraction of sp³-hybridized carbons (Fsp3) is 0.273. The van der Waals surface area contributed by atoms with E-state index in [0.29, 0.717) is 6.61 Å². The van der Waals surface area contributed by atoms with Crippen LogP contribution in [-0.2, 0) is 0 Å². The summed E-state index contributed by atoms with van der Waals surface area (Å²) in [6.45, 7) is 1.47. The van der Waals surface area contributed by atoms with E-state index in [4.69, 9.17) is 10.5 Å². The number of rotatable bonds is 4. The number of aromatic nitrogens is 1. The number of benzene rings is 1. The lowest BCUT2D eigenvalue weighted by Gasteiger charge is -2.07. The zero-order valence-corrected chi connectivity index (χ0v) is 8.71. The molecule has 2 aromatic rings. The van der Waals surface area contributed by atoms with Gasteiger partial charge < -0.3 is 20.8 Å². The molecule has 0 radical (unpaired) electrons. The van der Waals surface area contributed by atoms with Crippen LogP contribution < -0.4 is 15.8 Å². The molecule has 0 fully saturated rings. The molecule has 1 aromatic carbocycles. The number of nitrogens with two attached hydrogens (primary N) is 1. The third-order valence-corrected chi connectivity index (χ3v) is 2.33. The quantitative estimate of drug-likeness (QED) is 0.521. The molecule has 0 saturated carbocycles. The average molecular weight is 205 g/mol. The molecular weight excluding hydrogens is 190 g/mol. The van der Waals surface area contributed by atoms with Crippen LogP contribution in [-0.4, -0.2) is 25.2 Å². The van der Waals surface area contributed by atoms with E-state index in [1.54, 1.807) is 0 Å². The number of nitrogens with one attached hydrogen (secondary N) is 2. The average Bonchev–Trinajstić information content (AvgIpc) is 2.71. The highest BCUT2D eigenvalue weighted by Crippen LogP contribution is 2.28. The van der Waals surface area contributed by atoms with Gasteiger partial charge in [-0.25, -0.2) is 0 Å². The van der Waals surface area contributed by atoms with Gasteiger partial charge >= 0.3 is 0 Å². The van der Waals surface area contributed by atoms with Crippen molar-refractivity contribution in [1.82, 2.24) is 10.3 Å². The van der Waals surface area contributed by atoms with Crippen LogP contribution in [0.4, 0.5) is 5.69 Å². The van der Waals surface area contributed by atoms with Gasteiger partial charge in [-0.15, -0.1) is 0 Å². The highest BCUT2D eigenvalue weighted by atomic mass is 16.5. The molecule has 0 aliphatic heterocycles. The highest BCUT2D eigenvalue weighted by molar-refractivity contribution is 5.94. The van der Waals surface area contributed by atoms with Crippen LogP contribution in [0.5, 0.6) is 5.75 Å². The minimum absolute atomic E-state index is 0.647. The molecule has 4 nitrogen and oxygen atoms in total. The SMILES string of the molecule is CNCCOc1ccc(N)c2cc[nH]c12. The van der Waals surface area contributed by atoms with Crippen molar-refractivity contribution in [3.63, 3.8) is 0 Å². The maximum Gasteiger partial charge on any atom is 0.143 e. The van der Waals surface area contributed by atoms with Gasteiger partial charge in [0.25, 0.3) is 0 Å². The van der Waals surface area contributed by atoms with Gasteiger partial charge in [-0.2, -0.15) is 0 Å². The molecule has 0 aliphatic carbocycles. The Balaban J connectivity index is 2.27. The first-order valence-electron chi connectivity index (χ1n) is 4.96. The van der Waals surface area contributed by atoms with Gasteiger partial charge in [-0.1, -0.05) is 0 Å². The lowest BCUT2D eigenvalue weighted by Crippen LogP contribution is -2.16. The number of likely N-dealkylation sites (N-methyl/N-ethyl adjacent to an activating group) is 1. The van der Waals surface area contributed by atoms with E-state index in [1.165, 1.54) is 0 Å². The van der Waals surface area contributed by atoms with Crippen LogP contribution in [0, 0.1) is 0 Å². The summed E-state index contributed by atoms with van der Waals surface area (Å²) in [6.07, 6.45) is 1.87. The summed E-state index contributed by atoms with van der Waals surface area (Å²) < 4.78 is 5.62. The Morgan fingerprint density at radius 1 is 1.40 bits per heavy atom. The number of fused-ring (bicyclic) bond motifs is 1. The molecule has 0 amide bonds. The van der Waals surface area contributed by atoms with Crippen molar-refractivity contribution in [1.29, 1.82) is 0 Å². The fourth-order valence-electron chi connectivity index (χ4n) is 1.54. The molecule has 0 unspecified atom stereocenters. The molecule has 2 rings (SSSR count). The number of hydrogen-bond donors (Lipinski definition) is 3. The van der Waals surface area contributed by atoms with Crippen LogP contribution in [0.1, 0.15) is 0 Å². The first-order valence-corrected chi connectivity index (χ1v) is 4.96. The van der Waals surface area contributed by atoms with Crippen LogP contribution in [0.15, 0.2) is 24.4 Å². The summed E-state index contributed by atoms with van der Waals surface area (Å²) in [5.41, 5.74) is 7.57. The van der Waals surface area contributed by atoms with Gasteiger partial charge in [0.2, 0.25) is 0 Å². The Morgan fingerprint density at radius 3 is 3.07 bits per heavy atom. The van der Waals surface area contributed by atoms with Gasteiger partial charge in [0, 0.05) is 23.8 Å². The van der Waals surface area contributed by atoms with Crippen molar-refractivity contribution >= 4 is 16.6 Å². The summed E-state index contributed by atoms with van der Waals surface area (Å²) in [7, 11) is 1.90. The smallest absolute Gasteiger partial charge is 0.143 e. The fourth-order valence-corrected chi connectivity index (χ4v) is 1.54. The molecule has 4 heteroatoms. The molecule has 1 heterocycles. The van der Waals surface area contributed by atoms with E-state index in [2.05, 4.69) is 10.3 Å². The van der Waals surface area contributed by atoms with E-state index in [0.717, 1.165) is 28.9 Å². The van der Waals surface area contributed by atoms with Crippen LogP contribution in [0.2, 0.25) is 0 Å². The van der Waals surface area contributed by atoms with E-state index in [1.807, 2.05) is 31.4 Å². The first-order chi connectivity index (χ1) is 7.33. The second kappa shape index (κ2) is 4.23. The summed E-state index contributed by atoms with van der Waals surface area (Å²) in [5, 5.41) is 4.04. The summed E-state index contributed by atoms with van der Waals surface area (Å²) in [6, 6.07) is 5.71. The van der Waals surface area contributed by atoms with E-state index in [-0.39, 0.29) is 0 Å². The Kier molecular flexibility index (Phi) is 2.78. The lowest BCUT2D eigenvalue weighted by molar-refractivity contribution is 0.321. The Hall–Kier alpha value is -1.68. The number of hydrogen-bond acceptors (Lipinski definition) is 3. The normalized spacial score (nSPS) is 10.7. The molecular formula is C11H15N3O. The Bertz CT molecular complexity index is 450. The van der Waals surface area contributed by atoms with Crippen LogP contribution in [0.3, 0.4) is 0 Å². The van der Waals surface area contributed by atoms with Gasteiger partial charge in [-0.3, -0.25) is 0 Å². The molecule has 0 bridgehead atoms. The second-order valence-electron chi connectivity index (χ2n) is 3.37. The molecule has 0 aliphatic rings. The highest BCUT2D eigenvalue weighted by Gasteiger charge is 2.05. The van der Waals surface area contributed by atoms with Crippen molar-refractivity contribution in [3.05, 3.63) is 24.4 Å². The van der Waals surface area contributed by atoms with Crippen LogP contribution in [0.25, 0.3) is 10.9 Å². The lowest BCUT2D eigenvalue weighted by atomic mass is 10.2. The van der Waals surface area contributed by atoms with Gasteiger partial charge in [0.15, 0.2) is 0 Å². The molecule has 80 valence electrons. The zero-order valence-electron chi connectivity index (χ0n) is 8.71. The Morgan fingerprint density at radius 2 is 2.27 bits per heavy atom. The van der Waals surface area contributed by atoms with Gasteiger partial charge in [0.05, 0.1) is 5.52 Å². The monoisotopic (exact) mass is 205 g/mol. The van der Waals surface area contributed by atoms with E-state index >= 15 is 0 Å². The minimum Gasteiger partial charge on any atom is -0.490 e. The minimum atomic E-state index is 0.647. The summed E-state index contributed by atoms with van der Waals surface area (Å²) in [4.78, 5) is 3.13. The van der Waals surface area contributed by atoms with Crippen molar-refractivity contribution in [2.45, 2.75) is 0 Å². The molecule has 15 heavy (non-hydrogen) atoms. The Labute approximate surface area is 88.4 Å². The van der Waals surface area contributed by atoms with Crippen molar-refractivity contribution < 1.29 is 4.74 Å². The number of nitrogen functional groups attached to an aromatic ring is 1. The molecule has 4 N–H and O–H groups in total. The topological polar surface area (TPSA) is 63.1 Å². The maximum atomic E-state index is 5.84. The summed E-state index contributed by atoms with van der Waals surface area (Å²) >= 11 is 0. The number of ether oxygens (including phenoxy) is 1. The first kappa shape index (κ1) is 9.86. The standard InChI is InChI=1S/C11H15N3O/c1-13-6-7-15-10-3-2-9(12)8-4-5-14-11(8)10/h2-5,13-14H,6-7,12H2,1H3. The number of aromatic amines is 1. The van der Waals surface area contributed by atoms with Gasteiger partial charge in [0.1, 0.15) is 12.4 Å². The molecule has 0 spiro atoms. The van der Waals surface area contributed by atoms with Gasteiger partial charge in [-0.05, 0) is 25.2 Å². The predicted molar refractivity (Wildman–Crippen MR) is 62.1 cm³/mol. The zero-order chi connectivity index (χ0) is 10.7. The predicted octanol–water partition coefficient (Wildman–Crippen LogP) is 1.35. The number of anilines is 1. The molecule has 0 saturated heterocycles. The largest absolute Gasteiger partial charge is 0.490 e. The van der Waals surface area contributed by atoms with E-state index in [9.17, 15) is 0 Å². The second-order valence-corrected chi connectivity index (χ2v) is 3.37. The van der Waals surface area contributed by atoms with Crippen LogP contribution >= 0.6 is 0 Å².